The number of piperazine rings is 1. The predicted molar refractivity (Wildman–Crippen MR) is 83.8 cm³/mol. The molecular formula is C14H23N3O2S. The van der Waals surface area contributed by atoms with Crippen molar-refractivity contribution in [3.8, 4) is 0 Å². The maximum atomic E-state index is 12.1. The number of para-hydroxylation sites is 2. The number of benzene rings is 1. The monoisotopic (exact) mass is 297 g/mol. The molecule has 1 heterocycles. The van der Waals surface area contributed by atoms with E-state index in [0.717, 1.165) is 38.3 Å². The van der Waals surface area contributed by atoms with Gasteiger partial charge in [0.2, 0.25) is 10.0 Å². The van der Waals surface area contributed by atoms with Crippen LogP contribution in [-0.4, -0.2) is 40.3 Å². The van der Waals surface area contributed by atoms with Gasteiger partial charge in [0.05, 0.1) is 17.1 Å². The van der Waals surface area contributed by atoms with Gasteiger partial charge >= 0.3 is 0 Å². The van der Waals surface area contributed by atoms with E-state index in [1.807, 2.05) is 31.2 Å². The molecule has 0 bridgehead atoms. The van der Waals surface area contributed by atoms with Gasteiger partial charge in [-0.2, -0.15) is 0 Å². The molecule has 1 aliphatic rings. The van der Waals surface area contributed by atoms with Crippen molar-refractivity contribution in [2.24, 2.45) is 0 Å². The van der Waals surface area contributed by atoms with Crippen LogP contribution in [0.4, 0.5) is 11.4 Å². The van der Waals surface area contributed by atoms with Gasteiger partial charge in [-0.15, -0.1) is 0 Å². The van der Waals surface area contributed by atoms with E-state index in [9.17, 15) is 8.42 Å². The highest BCUT2D eigenvalue weighted by molar-refractivity contribution is 7.92. The molecule has 0 aliphatic carbocycles. The van der Waals surface area contributed by atoms with Crippen LogP contribution < -0.4 is 14.9 Å². The van der Waals surface area contributed by atoms with Crippen LogP contribution in [0.5, 0.6) is 0 Å². The average Bonchev–Trinajstić information content (AvgIpc) is 2.46. The number of anilines is 2. The summed E-state index contributed by atoms with van der Waals surface area (Å²) >= 11 is 0. The summed E-state index contributed by atoms with van der Waals surface area (Å²) in [4.78, 5) is 2.22. The fourth-order valence-electron chi connectivity index (χ4n) is 2.29. The van der Waals surface area contributed by atoms with Gasteiger partial charge in [0.1, 0.15) is 0 Å². The Hall–Kier alpha value is -1.27. The van der Waals surface area contributed by atoms with Crippen molar-refractivity contribution in [2.75, 3.05) is 41.6 Å². The molecule has 2 rings (SSSR count). The van der Waals surface area contributed by atoms with Crippen molar-refractivity contribution in [1.82, 2.24) is 5.32 Å². The molecule has 0 atom stereocenters. The number of sulfonamides is 1. The maximum Gasteiger partial charge on any atom is 0.232 e. The van der Waals surface area contributed by atoms with Crippen molar-refractivity contribution in [3.63, 3.8) is 0 Å². The van der Waals surface area contributed by atoms with E-state index in [1.54, 1.807) is 0 Å². The van der Waals surface area contributed by atoms with Crippen LogP contribution in [0.15, 0.2) is 24.3 Å². The summed E-state index contributed by atoms with van der Waals surface area (Å²) in [6, 6.07) is 7.62. The first-order chi connectivity index (χ1) is 9.62. The molecule has 0 amide bonds. The summed E-state index contributed by atoms with van der Waals surface area (Å²) in [6.07, 6.45) is 1.56. The number of rotatable bonds is 6. The summed E-state index contributed by atoms with van der Waals surface area (Å²) in [5.41, 5.74) is 1.65. The van der Waals surface area contributed by atoms with Gasteiger partial charge in [0, 0.05) is 26.2 Å². The number of unbranched alkanes of at least 4 members (excludes halogenated alkanes) is 1. The molecule has 5 nitrogen and oxygen atoms in total. The van der Waals surface area contributed by atoms with Gasteiger partial charge < -0.3 is 10.2 Å². The van der Waals surface area contributed by atoms with Crippen molar-refractivity contribution in [2.45, 2.75) is 19.8 Å². The van der Waals surface area contributed by atoms with Crippen LogP contribution in [0, 0.1) is 0 Å². The zero-order chi connectivity index (χ0) is 14.4. The van der Waals surface area contributed by atoms with E-state index in [1.165, 1.54) is 0 Å². The SMILES string of the molecule is CCCCS(=O)(=O)Nc1ccccc1N1CCNCC1. The first-order valence-corrected chi connectivity index (χ1v) is 8.83. The van der Waals surface area contributed by atoms with E-state index in [2.05, 4.69) is 14.9 Å². The van der Waals surface area contributed by atoms with E-state index in [4.69, 9.17) is 0 Å². The minimum Gasteiger partial charge on any atom is -0.367 e. The summed E-state index contributed by atoms with van der Waals surface area (Å²) < 4.78 is 26.8. The molecule has 1 aromatic carbocycles. The first kappa shape index (κ1) is 15.1. The molecule has 1 aromatic rings. The zero-order valence-corrected chi connectivity index (χ0v) is 12.7. The molecule has 112 valence electrons. The van der Waals surface area contributed by atoms with Crippen molar-refractivity contribution in [3.05, 3.63) is 24.3 Å². The highest BCUT2D eigenvalue weighted by atomic mass is 32.2. The largest absolute Gasteiger partial charge is 0.367 e. The second-order valence-corrected chi connectivity index (χ2v) is 6.87. The summed E-state index contributed by atoms with van der Waals surface area (Å²) in [5.74, 6) is 0.180. The molecule has 2 N–H and O–H groups in total. The molecule has 0 spiro atoms. The Morgan fingerprint density at radius 3 is 2.65 bits per heavy atom. The van der Waals surface area contributed by atoms with Gasteiger partial charge in [-0.05, 0) is 18.6 Å². The van der Waals surface area contributed by atoms with Crippen LogP contribution in [0.1, 0.15) is 19.8 Å². The van der Waals surface area contributed by atoms with Crippen LogP contribution in [0.25, 0.3) is 0 Å². The van der Waals surface area contributed by atoms with Crippen molar-refractivity contribution >= 4 is 21.4 Å². The molecule has 6 heteroatoms. The van der Waals surface area contributed by atoms with Gasteiger partial charge in [0.25, 0.3) is 0 Å². The summed E-state index contributed by atoms with van der Waals surface area (Å²) in [6.45, 7) is 5.64. The molecular weight excluding hydrogens is 274 g/mol. The minimum atomic E-state index is -3.25. The predicted octanol–water partition coefficient (Wildman–Crippen LogP) is 1.64. The van der Waals surface area contributed by atoms with E-state index in [0.29, 0.717) is 12.1 Å². The van der Waals surface area contributed by atoms with Crippen LogP contribution >= 0.6 is 0 Å². The van der Waals surface area contributed by atoms with Crippen LogP contribution in [0.2, 0.25) is 0 Å². The number of hydrogen-bond donors (Lipinski definition) is 2. The van der Waals surface area contributed by atoms with Gasteiger partial charge in [-0.25, -0.2) is 8.42 Å². The molecule has 1 aliphatic heterocycles. The Labute approximate surface area is 121 Å². The molecule has 0 saturated carbocycles. The lowest BCUT2D eigenvalue weighted by Crippen LogP contribution is -2.43. The van der Waals surface area contributed by atoms with Gasteiger partial charge in [-0.1, -0.05) is 25.5 Å². The van der Waals surface area contributed by atoms with Crippen molar-refractivity contribution < 1.29 is 8.42 Å². The smallest absolute Gasteiger partial charge is 0.232 e. The zero-order valence-electron chi connectivity index (χ0n) is 11.9. The third-order valence-corrected chi connectivity index (χ3v) is 4.75. The fourth-order valence-corrected chi connectivity index (χ4v) is 3.57. The minimum absolute atomic E-state index is 0.180. The second-order valence-electron chi connectivity index (χ2n) is 5.03. The Bertz CT molecular complexity index is 525. The third kappa shape index (κ3) is 4.11. The van der Waals surface area contributed by atoms with E-state index < -0.39 is 10.0 Å². The molecule has 0 radical (unpaired) electrons. The van der Waals surface area contributed by atoms with Gasteiger partial charge in [0.15, 0.2) is 0 Å². The molecule has 0 aromatic heterocycles. The molecule has 0 unspecified atom stereocenters. The normalized spacial score (nSPS) is 16.1. The Morgan fingerprint density at radius 1 is 1.25 bits per heavy atom. The van der Waals surface area contributed by atoms with Crippen LogP contribution in [-0.2, 0) is 10.0 Å². The molecule has 20 heavy (non-hydrogen) atoms. The third-order valence-electron chi connectivity index (χ3n) is 3.39. The Morgan fingerprint density at radius 2 is 1.95 bits per heavy atom. The molecule has 1 saturated heterocycles. The maximum absolute atomic E-state index is 12.1. The molecule has 1 fully saturated rings. The summed E-state index contributed by atoms with van der Waals surface area (Å²) in [5, 5.41) is 3.30. The Balaban J connectivity index is 2.15. The Kier molecular flexibility index (Phi) is 5.25. The number of hydrogen-bond acceptors (Lipinski definition) is 4. The first-order valence-electron chi connectivity index (χ1n) is 7.17. The highest BCUT2D eigenvalue weighted by Gasteiger charge is 2.17. The standard InChI is InChI=1S/C14H23N3O2S/c1-2-3-12-20(18,19)16-13-6-4-5-7-14(13)17-10-8-15-9-11-17/h4-7,15-16H,2-3,8-12H2,1H3. The van der Waals surface area contributed by atoms with E-state index in [-0.39, 0.29) is 5.75 Å². The lowest BCUT2D eigenvalue weighted by Gasteiger charge is -2.31. The van der Waals surface area contributed by atoms with E-state index >= 15 is 0 Å². The topological polar surface area (TPSA) is 61.4 Å². The number of nitrogens with one attached hydrogen (secondary N) is 2. The van der Waals surface area contributed by atoms with Gasteiger partial charge in [-0.3, -0.25) is 4.72 Å². The second kappa shape index (κ2) is 6.95. The fraction of sp³-hybridized carbons (Fsp3) is 0.571. The average molecular weight is 297 g/mol. The quantitative estimate of drug-likeness (QED) is 0.838. The lowest BCUT2D eigenvalue weighted by atomic mass is 10.2. The lowest BCUT2D eigenvalue weighted by molar-refractivity contribution is 0.589. The van der Waals surface area contributed by atoms with Crippen molar-refractivity contribution in [1.29, 1.82) is 0 Å². The van der Waals surface area contributed by atoms with Crippen LogP contribution in [0.3, 0.4) is 0 Å². The summed E-state index contributed by atoms with van der Waals surface area (Å²) in [7, 11) is -3.25. The number of nitrogens with zero attached hydrogens (tertiary/aromatic N) is 1. The highest BCUT2D eigenvalue weighted by Crippen LogP contribution is 2.26.